The normalized spacial score (nSPS) is 26.2. The quantitative estimate of drug-likeness (QED) is 0.484. The molecule has 24 heavy (non-hydrogen) atoms. The molecule has 0 aromatic heterocycles. The number of anilines is 1. The summed E-state index contributed by atoms with van der Waals surface area (Å²) >= 11 is 5.94. The molecule has 1 aromatic carbocycles. The number of amides is 1. The highest BCUT2D eigenvalue weighted by Gasteiger charge is 2.41. The van der Waals surface area contributed by atoms with Crippen molar-refractivity contribution >= 4 is 28.9 Å². The van der Waals surface area contributed by atoms with E-state index in [1.54, 1.807) is 6.92 Å². The molecule has 128 valence electrons. The van der Waals surface area contributed by atoms with Crippen molar-refractivity contribution in [1.82, 2.24) is 5.32 Å². The van der Waals surface area contributed by atoms with E-state index in [9.17, 15) is 4.79 Å². The molecule has 3 atom stereocenters. The minimum absolute atomic E-state index is 0.00641. The smallest absolute Gasteiger partial charge is 0.273 e. The van der Waals surface area contributed by atoms with Crippen LogP contribution >= 0.6 is 11.6 Å². The average Bonchev–Trinajstić information content (AvgIpc) is 3.23. The van der Waals surface area contributed by atoms with Crippen LogP contribution in [0.5, 0.6) is 0 Å². The number of nitrogens with two attached hydrogens (primary N) is 1. The van der Waals surface area contributed by atoms with E-state index < -0.39 is 5.91 Å². The monoisotopic (exact) mass is 348 g/mol. The molecule has 2 heterocycles. The summed E-state index contributed by atoms with van der Waals surface area (Å²) in [6.07, 6.45) is 1.84. The molecule has 0 aliphatic carbocycles. The number of carbonyl (C=O) groups is 1. The first-order chi connectivity index (χ1) is 11.5. The highest BCUT2D eigenvalue weighted by molar-refractivity contribution is 6.45. The molecular weight excluding hydrogens is 328 g/mol. The largest absolute Gasteiger partial charge is 0.393 e. The van der Waals surface area contributed by atoms with Gasteiger partial charge in [0.1, 0.15) is 5.70 Å². The Hall–Kier alpha value is -1.89. The molecule has 5 N–H and O–H groups in total. The van der Waals surface area contributed by atoms with Gasteiger partial charge in [0.15, 0.2) is 0 Å². The Balaban J connectivity index is 1.66. The third-order valence-corrected chi connectivity index (χ3v) is 4.86. The number of allylic oxidation sites excluding steroid dienone is 1. The molecule has 0 saturated carbocycles. The molecule has 2 aliphatic heterocycles. The maximum absolute atomic E-state index is 12.1. The van der Waals surface area contributed by atoms with Gasteiger partial charge in [-0.25, -0.2) is 0 Å². The van der Waals surface area contributed by atoms with Crippen molar-refractivity contribution in [1.29, 1.82) is 5.41 Å². The summed E-state index contributed by atoms with van der Waals surface area (Å²) in [6, 6.07) is 7.88. The van der Waals surface area contributed by atoms with Gasteiger partial charge in [0.05, 0.1) is 23.0 Å². The maximum Gasteiger partial charge on any atom is 0.273 e. The summed E-state index contributed by atoms with van der Waals surface area (Å²) in [5.41, 5.74) is 7.42. The Morgan fingerprint density at radius 3 is 2.71 bits per heavy atom. The number of morpholine rings is 1. The molecule has 7 heteroatoms. The van der Waals surface area contributed by atoms with Crippen molar-refractivity contribution in [3.05, 3.63) is 40.6 Å². The first-order valence-corrected chi connectivity index (χ1v) is 8.40. The first kappa shape index (κ1) is 17.0. The number of nitrogens with one attached hydrogen (secondary N) is 3. The summed E-state index contributed by atoms with van der Waals surface area (Å²) in [4.78, 5) is 12.1. The van der Waals surface area contributed by atoms with Crippen LogP contribution < -0.4 is 16.4 Å². The second-order valence-corrected chi connectivity index (χ2v) is 6.44. The van der Waals surface area contributed by atoms with Gasteiger partial charge in [-0.3, -0.25) is 4.79 Å². The number of hydrogen-bond acceptors (Lipinski definition) is 5. The Morgan fingerprint density at radius 2 is 2.17 bits per heavy atom. The van der Waals surface area contributed by atoms with E-state index in [1.165, 1.54) is 0 Å². The van der Waals surface area contributed by atoms with Gasteiger partial charge in [0.25, 0.3) is 5.91 Å². The van der Waals surface area contributed by atoms with Crippen molar-refractivity contribution in [3.8, 4) is 0 Å². The number of fused-ring (bicyclic) bond motifs is 2. The van der Waals surface area contributed by atoms with Gasteiger partial charge in [-0.1, -0.05) is 30.7 Å². The lowest BCUT2D eigenvalue weighted by molar-refractivity contribution is -0.112. The van der Waals surface area contributed by atoms with Crippen molar-refractivity contribution in [2.45, 2.75) is 38.0 Å². The Kier molecular flexibility index (Phi) is 4.89. The van der Waals surface area contributed by atoms with Crippen LogP contribution in [0.3, 0.4) is 0 Å². The van der Waals surface area contributed by atoms with Gasteiger partial charge in [-0.15, -0.1) is 0 Å². The second kappa shape index (κ2) is 6.93. The van der Waals surface area contributed by atoms with Crippen LogP contribution in [-0.2, 0) is 9.53 Å². The third kappa shape index (κ3) is 3.31. The van der Waals surface area contributed by atoms with E-state index in [0.29, 0.717) is 24.3 Å². The number of hydrogen-bond donors (Lipinski definition) is 4. The summed E-state index contributed by atoms with van der Waals surface area (Å²) in [5.74, 6) is -0.510. The number of ether oxygens (including phenoxy) is 1. The lowest BCUT2D eigenvalue weighted by atomic mass is 10.0. The molecule has 2 aliphatic rings. The van der Waals surface area contributed by atoms with Crippen LogP contribution in [-0.4, -0.2) is 30.3 Å². The molecule has 2 fully saturated rings. The average molecular weight is 349 g/mol. The molecule has 6 nitrogen and oxygen atoms in total. The SMILES string of the molecule is CCC(=N)/C(Cl)=C(\N)C(=O)Nc1ccc([C@@H]2O[C@H]3CN[C@@H]2C3)cc1. The fourth-order valence-electron chi connectivity index (χ4n) is 3.05. The molecule has 1 amide bonds. The number of benzene rings is 1. The summed E-state index contributed by atoms with van der Waals surface area (Å²) in [7, 11) is 0. The molecule has 0 radical (unpaired) electrons. The minimum Gasteiger partial charge on any atom is -0.393 e. The predicted octanol–water partition coefficient (Wildman–Crippen LogP) is 2.27. The van der Waals surface area contributed by atoms with E-state index in [1.807, 2.05) is 24.3 Å². The second-order valence-electron chi connectivity index (χ2n) is 6.07. The van der Waals surface area contributed by atoms with E-state index >= 15 is 0 Å². The predicted molar refractivity (Wildman–Crippen MR) is 94.2 cm³/mol. The zero-order valence-electron chi connectivity index (χ0n) is 13.4. The lowest BCUT2D eigenvalue weighted by Crippen LogP contribution is -2.33. The molecule has 2 saturated heterocycles. The fourth-order valence-corrected chi connectivity index (χ4v) is 3.27. The van der Waals surface area contributed by atoms with Crippen LogP contribution in [0.1, 0.15) is 31.4 Å². The van der Waals surface area contributed by atoms with Crippen molar-refractivity contribution < 1.29 is 9.53 Å². The Bertz CT molecular complexity index is 686. The lowest BCUT2D eigenvalue weighted by Gasteiger charge is -2.23. The molecule has 0 spiro atoms. The number of carbonyl (C=O) groups excluding carboxylic acids is 1. The van der Waals surface area contributed by atoms with Gasteiger partial charge in [-0.2, -0.15) is 0 Å². The van der Waals surface area contributed by atoms with Gasteiger partial charge < -0.3 is 26.5 Å². The standard InChI is InChI=1S/C17H21ClN4O2/c1-2-12(19)14(18)15(20)17(23)22-10-5-3-9(4-6-10)16-13-7-11(24-16)8-21-13/h3-6,11,13,16,19,21H,2,7-8,20H2,1H3,(H,22,23)/b15-14+,19-12?/t11-,13-,16+/m1/s1. The summed E-state index contributed by atoms with van der Waals surface area (Å²) in [6.45, 7) is 2.70. The van der Waals surface area contributed by atoms with Crippen LogP contribution in [0, 0.1) is 5.41 Å². The van der Waals surface area contributed by atoms with E-state index in [-0.39, 0.29) is 22.5 Å². The van der Waals surface area contributed by atoms with Crippen LogP contribution in [0.2, 0.25) is 0 Å². The van der Waals surface area contributed by atoms with Crippen LogP contribution in [0.15, 0.2) is 35.0 Å². The zero-order chi connectivity index (χ0) is 17.3. The van der Waals surface area contributed by atoms with Gasteiger partial charge in [-0.05, 0) is 30.5 Å². The van der Waals surface area contributed by atoms with Crippen LogP contribution in [0.4, 0.5) is 5.69 Å². The van der Waals surface area contributed by atoms with Crippen LogP contribution in [0.25, 0.3) is 0 Å². The third-order valence-electron chi connectivity index (χ3n) is 4.43. The number of halogens is 1. The number of rotatable bonds is 5. The highest BCUT2D eigenvalue weighted by atomic mass is 35.5. The van der Waals surface area contributed by atoms with E-state index in [4.69, 9.17) is 27.5 Å². The van der Waals surface area contributed by atoms with Crippen molar-refractivity contribution in [2.75, 3.05) is 11.9 Å². The van der Waals surface area contributed by atoms with E-state index in [0.717, 1.165) is 18.5 Å². The molecule has 1 aromatic rings. The van der Waals surface area contributed by atoms with Gasteiger partial charge in [0.2, 0.25) is 0 Å². The zero-order valence-corrected chi connectivity index (χ0v) is 14.2. The van der Waals surface area contributed by atoms with Gasteiger partial charge in [0, 0.05) is 18.3 Å². The highest BCUT2D eigenvalue weighted by Crippen LogP contribution is 2.37. The molecule has 2 bridgehead atoms. The molecular formula is C17H21ClN4O2. The Morgan fingerprint density at radius 1 is 1.46 bits per heavy atom. The summed E-state index contributed by atoms with van der Waals surface area (Å²) < 4.78 is 5.96. The topological polar surface area (TPSA) is 100 Å². The first-order valence-electron chi connectivity index (χ1n) is 8.02. The summed E-state index contributed by atoms with van der Waals surface area (Å²) in [5, 5.41) is 13.8. The molecule has 0 unspecified atom stereocenters. The van der Waals surface area contributed by atoms with Crippen molar-refractivity contribution in [3.63, 3.8) is 0 Å². The maximum atomic E-state index is 12.1. The van der Waals surface area contributed by atoms with E-state index in [2.05, 4.69) is 10.6 Å². The van der Waals surface area contributed by atoms with Gasteiger partial charge >= 0.3 is 0 Å². The fraction of sp³-hybridized carbons (Fsp3) is 0.412. The molecule has 3 rings (SSSR count). The van der Waals surface area contributed by atoms with Crippen molar-refractivity contribution in [2.24, 2.45) is 5.73 Å². The Labute approximate surface area is 145 Å². The minimum atomic E-state index is -0.510.